The number of nitrogens with one attached hydrogen (secondary N) is 1. The molecule has 0 aliphatic carbocycles. The van der Waals surface area contributed by atoms with Crippen molar-refractivity contribution in [2.45, 2.75) is 6.10 Å². The fourth-order valence-corrected chi connectivity index (χ4v) is 1.24. The second-order valence-corrected chi connectivity index (χ2v) is 3.51. The SMILES string of the molecule is O=S([O-])Nc1cccnc1OCC(O)CO. The maximum atomic E-state index is 10.4. The van der Waals surface area contributed by atoms with Crippen LogP contribution in [0.4, 0.5) is 5.69 Å². The Morgan fingerprint density at radius 1 is 1.69 bits per heavy atom. The maximum Gasteiger partial charge on any atom is 0.238 e. The van der Waals surface area contributed by atoms with Crippen LogP contribution in [0.5, 0.6) is 5.88 Å². The standard InChI is InChI=1S/C8H12N2O5S/c11-4-6(12)5-15-8-7(10-16(13)14)2-1-3-9-8/h1-3,6,10-12H,4-5H2,(H,13,14)/p-1. The Morgan fingerprint density at radius 2 is 2.44 bits per heavy atom. The molecule has 1 rings (SSSR count). The van der Waals surface area contributed by atoms with E-state index in [0.717, 1.165) is 0 Å². The summed E-state index contributed by atoms with van der Waals surface area (Å²) in [6.45, 7) is -0.614. The zero-order valence-electron chi connectivity index (χ0n) is 8.20. The van der Waals surface area contributed by atoms with Crippen molar-refractivity contribution in [3.63, 3.8) is 0 Å². The van der Waals surface area contributed by atoms with Gasteiger partial charge in [0, 0.05) is 17.5 Å². The molecule has 0 saturated heterocycles. The van der Waals surface area contributed by atoms with E-state index < -0.39 is 24.0 Å². The smallest absolute Gasteiger partial charge is 0.238 e. The lowest BCUT2D eigenvalue weighted by Gasteiger charge is -2.14. The van der Waals surface area contributed by atoms with Gasteiger partial charge in [0.15, 0.2) is 0 Å². The number of nitrogens with zero attached hydrogens (tertiary/aromatic N) is 1. The third-order valence-corrected chi connectivity index (χ3v) is 1.97. The van der Waals surface area contributed by atoms with Gasteiger partial charge in [-0.1, -0.05) is 0 Å². The fourth-order valence-electron chi connectivity index (χ4n) is 0.901. The average molecular weight is 247 g/mol. The van der Waals surface area contributed by atoms with E-state index in [1.165, 1.54) is 18.3 Å². The minimum absolute atomic E-state index is 0.0409. The molecule has 16 heavy (non-hydrogen) atoms. The van der Waals surface area contributed by atoms with E-state index in [1.54, 1.807) is 0 Å². The van der Waals surface area contributed by atoms with Crippen LogP contribution in [0.2, 0.25) is 0 Å². The minimum atomic E-state index is -2.47. The molecule has 2 atom stereocenters. The summed E-state index contributed by atoms with van der Waals surface area (Å²) in [5, 5.41) is 17.6. The minimum Gasteiger partial charge on any atom is -0.755 e. The van der Waals surface area contributed by atoms with Crippen molar-refractivity contribution in [3.8, 4) is 5.88 Å². The lowest BCUT2D eigenvalue weighted by molar-refractivity contribution is 0.0524. The van der Waals surface area contributed by atoms with Crippen LogP contribution in [-0.2, 0) is 11.3 Å². The second-order valence-electron chi connectivity index (χ2n) is 2.84. The maximum absolute atomic E-state index is 10.4. The Morgan fingerprint density at radius 3 is 3.06 bits per heavy atom. The third-order valence-electron chi connectivity index (χ3n) is 1.59. The Bertz CT molecular complexity index is 362. The summed E-state index contributed by atoms with van der Waals surface area (Å²) >= 11 is -2.47. The summed E-state index contributed by atoms with van der Waals surface area (Å²) in [6, 6.07) is 2.99. The molecule has 0 amide bonds. The van der Waals surface area contributed by atoms with Gasteiger partial charge < -0.3 is 24.2 Å². The lowest BCUT2D eigenvalue weighted by Crippen LogP contribution is -2.22. The summed E-state index contributed by atoms with van der Waals surface area (Å²) in [6.07, 6.45) is 0.382. The van der Waals surface area contributed by atoms with Crippen LogP contribution in [0.1, 0.15) is 0 Å². The Balaban J connectivity index is 2.67. The van der Waals surface area contributed by atoms with E-state index >= 15 is 0 Å². The molecule has 0 fully saturated rings. The summed E-state index contributed by atoms with van der Waals surface area (Å²) in [5.74, 6) is 0.0409. The lowest BCUT2D eigenvalue weighted by atomic mass is 10.4. The molecule has 0 aromatic carbocycles. The molecule has 7 nitrogen and oxygen atoms in total. The predicted octanol–water partition coefficient (Wildman–Crippen LogP) is -0.980. The number of pyridine rings is 1. The highest BCUT2D eigenvalue weighted by molar-refractivity contribution is 7.80. The van der Waals surface area contributed by atoms with Crippen molar-refractivity contribution in [1.82, 2.24) is 4.98 Å². The first kappa shape index (κ1) is 12.8. The van der Waals surface area contributed by atoms with E-state index in [2.05, 4.69) is 9.71 Å². The molecule has 0 spiro atoms. The van der Waals surface area contributed by atoms with Crippen LogP contribution in [0.25, 0.3) is 0 Å². The molecule has 90 valence electrons. The quantitative estimate of drug-likeness (QED) is 0.556. The second kappa shape index (κ2) is 6.38. The number of hydrogen-bond donors (Lipinski definition) is 3. The van der Waals surface area contributed by atoms with Crippen molar-refractivity contribution in [1.29, 1.82) is 0 Å². The van der Waals surface area contributed by atoms with Crippen LogP contribution in [0.15, 0.2) is 18.3 Å². The number of aliphatic hydroxyl groups is 2. The van der Waals surface area contributed by atoms with Crippen molar-refractivity contribution in [2.75, 3.05) is 17.9 Å². The van der Waals surface area contributed by atoms with Gasteiger partial charge in [0.25, 0.3) is 0 Å². The van der Waals surface area contributed by atoms with Crippen molar-refractivity contribution in [2.24, 2.45) is 0 Å². The van der Waals surface area contributed by atoms with Gasteiger partial charge in [-0.25, -0.2) is 4.98 Å². The largest absolute Gasteiger partial charge is 0.755 e. The summed E-state index contributed by atoms with van der Waals surface area (Å²) in [5.41, 5.74) is 0.168. The number of aromatic nitrogens is 1. The van der Waals surface area contributed by atoms with Crippen molar-refractivity contribution >= 4 is 17.0 Å². The van der Waals surface area contributed by atoms with Crippen LogP contribution < -0.4 is 9.46 Å². The number of aliphatic hydroxyl groups excluding tert-OH is 2. The number of ether oxygens (including phenoxy) is 1. The highest BCUT2D eigenvalue weighted by Crippen LogP contribution is 2.20. The summed E-state index contributed by atoms with van der Waals surface area (Å²) in [4.78, 5) is 3.79. The van der Waals surface area contributed by atoms with Crippen LogP contribution in [0, 0.1) is 0 Å². The average Bonchev–Trinajstić information content (AvgIpc) is 2.26. The Labute approximate surface area is 94.5 Å². The molecule has 0 saturated carbocycles. The molecule has 1 heterocycles. The van der Waals surface area contributed by atoms with Gasteiger partial charge in [0.2, 0.25) is 5.88 Å². The fraction of sp³-hybridized carbons (Fsp3) is 0.375. The molecule has 0 aliphatic heterocycles. The molecule has 0 bridgehead atoms. The molecule has 8 heteroatoms. The summed E-state index contributed by atoms with van der Waals surface area (Å²) < 4.78 is 28.0. The highest BCUT2D eigenvalue weighted by Gasteiger charge is 2.07. The van der Waals surface area contributed by atoms with Crippen molar-refractivity contribution in [3.05, 3.63) is 18.3 Å². The van der Waals surface area contributed by atoms with E-state index in [0.29, 0.717) is 0 Å². The summed E-state index contributed by atoms with van der Waals surface area (Å²) in [7, 11) is 0. The number of rotatable bonds is 6. The van der Waals surface area contributed by atoms with Gasteiger partial charge in [-0.15, -0.1) is 0 Å². The van der Waals surface area contributed by atoms with Crippen LogP contribution in [0.3, 0.4) is 0 Å². The molecule has 1 aromatic rings. The molecular formula is C8H11N2O5S-. The van der Waals surface area contributed by atoms with Gasteiger partial charge in [-0.3, -0.25) is 4.21 Å². The van der Waals surface area contributed by atoms with Crippen molar-refractivity contribution < 1.29 is 23.7 Å². The predicted molar refractivity (Wildman–Crippen MR) is 55.4 cm³/mol. The molecular weight excluding hydrogens is 236 g/mol. The Hall–Kier alpha value is -1.22. The highest BCUT2D eigenvalue weighted by atomic mass is 32.2. The topological polar surface area (TPSA) is 115 Å². The van der Waals surface area contributed by atoms with E-state index in [9.17, 15) is 8.76 Å². The normalized spacial score (nSPS) is 14.2. The number of hydrogen-bond acceptors (Lipinski definition) is 6. The first-order valence-corrected chi connectivity index (χ1v) is 5.43. The Kier molecular flexibility index (Phi) is 5.12. The van der Waals surface area contributed by atoms with Crippen LogP contribution in [-0.4, -0.2) is 43.3 Å². The van der Waals surface area contributed by atoms with E-state index in [4.69, 9.17) is 14.9 Å². The third kappa shape index (κ3) is 4.11. The molecule has 1 aromatic heterocycles. The molecule has 2 unspecified atom stereocenters. The van der Waals surface area contributed by atoms with E-state index in [1.807, 2.05) is 0 Å². The van der Waals surface area contributed by atoms with Crippen LogP contribution >= 0.6 is 0 Å². The first-order chi connectivity index (χ1) is 7.63. The first-order valence-electron chi connectivity index (χ1n) is 4.36. The van der Waals surface area contributed by atoms with Gasteiger partial charge >= 0.3 is 0 Å². The number of anilines is 1. The van der Waals surface area contributed by atoms with Gasteiger partial charge in [-0.05, 0) is 12.1 Å². The zero-order valence-corrected chi connectivity index (χ0v) is 9.01. The van der Waals surface area contributed by atoms with Gasteiger partial charge in [-0.2, -0.15) is 0 Å². The van der Waals surface area contributed by atoms with E-state index in [-0.39, 0.29) is 18.2 Å². The molecule has 0 radical (unpaired) electrons. The van der Waals surface area contributed by atoms with Gasteiger partial charge in [0.05, 0.1) is 6.61 Å². The monoisotopic (exact) mass is 247 g/mol. The zero-order chi connectivity index (χ0) is 12.0. The van der Waals surface area contributed by atoms with Gasteiger partial charge in [0.1, 0.15) is 18.4 Å². The molecule has 3 N–H and O–H groups in total. The molecule has 0 aliphatic rings.